The summed E-state index contributed by atoms with van der Waals surface area (Å²) in [4.78, 5) is 12.2. The fourth-order valence-electron chi connectivity index (χ4n) is 2.55. The number of hydrazine groups is 1. The molecule has 5 nitrogen and oxygen atoms in total. The zero-order valence-corrected chi connectivity index (χ0v) is 16.1. The van der Waals surface area contributed by atoms with E-state index in [-0.39, 0.29) is 16.8 Å². The summed E-state index contributed by atoms with van der Waals surface area (Å²) < 4.78 is 18.6. The normalized spacial score (nSPS) is 11.5. The highest BCUT2D eigenvalue weighted by molar-refractivity contribution is 7.80. The minimum atomic E-state index is -0.714. The Labute approximate surface area is 167 Å². The Morgan fingerprint density at radius 3 is 2.50 bits per heavy atom. The van der Waals surface area contributed by atoms with E-state index in [9.17, 15) is 9.18 Å². The predicted molar refractivity (Wildman–Crippen MR) is 111 cm³/mol. The molecule has 3 aromatic rings. The number of ether oxygens (including phenoxy) is 1. The first kappa shape index (κ1) is 19.6. The van der Waals surface area contributed by atoms with E-state index in [1.807, 2.05) is 42.5 Å². The lowest BCUT2D eigenvalue weighted by Gasteiger charge is -2.17. The predicted octanol–water partition coefficient (Wildman–Crippen LogP) is 3.44. The number of amides is 1. The van der Waals surface area contributed by atoms with Gasteiger partial charge < -0.3 is 10.1 Å². The number of hydrogen-bond acceptors (Lipinski definition) is 3. The molecule has 0 aromatic heterocycles. The average molecular weight is 397 g/mol. The summed E-state index contributed by atoms with van der Waals surface area (Å²) in [6, 6.07) is 19.6. The van der Waals surface area contributed by atoms with Crippen molar-refractivity contribution in [2.75, 3.05) is 0 Å². The highest BCUT2D eigenvalue weighted by atomic mass is 32.1. The zero-order chi connectivity index (χ0) is 19.9. The first-order valence-corrected chi connectivity index (χ1v) is 9.16. The Hall–Kier alpha value is -3.19. The van der Waals surface area contributed by atoms with Crippen LogP contribution in [0.1, 0.15) is 12.5 Å². The monoisotopic (exact) mass is 397 g/mol. The van der Waals surface area contributed by atoms with Crippen LogP contribution < -0.4 is 20.9 Å². The smallest absolute Gasteiger partial charge is 0.279 e. The zero-order valence-electron chi connectivity index (χ0n) is 15.2. The summed E-state index contributed by atoms with van der Waals surface area (Å²) in [7, 11) is 0. The lowest BCUT2D eigenvalue weighted by molar-refractivity contribution is -0.127. The number of rotatable bonds is 5. The molecule has 144 valence electrons. The number of thiocarbonyl (C=S) groups is 1. The second kappa shape index (κ2) is 9.14. The molecule has 0 saturated carbocycles. The van der Waals surface area contributed by atoms with E-state index in [2.05, 4.69) is 16.2 Å². The van der Waals surface area contributed by atoms with Gasteiger partial charge in [-0.15, -0.1) is 0 Å². The van der Waals surface area contributed by atoms with Crippen LogP contribution in [0.5, 0.6) is 5.75 Å². The lowest BCUT2D eigenvalue weighted by atomic mass is 10.1. The van der Waals surface area contributed by atoms with Crippen molar-refractivity contribution in [1.82, 2.24) is 16.2 Å². The van der Waals surface area contributed by atoms with Crippen LogP contribution in [0.2, 0.25) is 0 Å². The van der Waals surface area contributed by atoms with Crippen LogP contribution in [-0.4, -0.2) is 17.1 Å². The summed E-state index contributed by atoms with van der Waals surface area (Å²) >= 11 is 5.11. The molecule has 0 saturated heterocycles. The van der Waals surface area contributed by atoms with Crippen molar-refractivity contribution < 1.29 is 13.9 Å². The summed E-state index contributed by atoms with van der Waals surface area (Å²) in [6.07, 6.45) is -0.714. The SMILES string of the molecule is C[C@@H](Oc1ccc2ccccc2c1)C(=O)NNC(=S)NCc1ccc(F)cc1. The van der Waals surface area contributed by atoms with E-state index in [4.69, 9.17) is 17.0 Å². The summed E-state index contributed by atoms with van der Waals surface area (Å²) in [5, 5.41) is 5.31. The van der Waals surface area contributed by atoms with Gasteiger partial charge in [0.15, 0.2) is 11.2 Å². The molecule has 0 aliphatic heterocycles. The van der Waals surface area contributed by atoms with Crippen molar-refractivity contribution >= 4 is 34.0 Å². The standard InChI is InChI=1S/C21H20FN3O2S/c1-14(27-19-11-8-16-4-2-3-5-17(16)12-19)20(26)24-25-21(28)23-13-15-6-9-18(22)10-7-15/h2-12,14H,13H2,1H3,(H,24,26)(H2,23,25,28)/t14-/m1/s1. The quantitative estimate of drug-likeness (QED) is 0.455. The number of carbonyl (C=O) groups excluding carboxylic acids is 1. The third-order valence-electron chi connectivity index (χ3n) is 4.07. The van der Waals surface area contributed by atoms with Gasteiger partial charge in [-0.1, -0.05) is 42.5 Å². The van der Waals surface area contributed by atoms with Gasteiger partial charge in [-0.05, 0) is 59.7 Å². The molecule has 0 fully saturated rings. The van der Waals surface area contributed by atoms with Gasteiger partial charge in [-0.2, -0.15) is 0 Å². The van der Waals surface area contributed by atoms with Crippen LogP contribution in [0.4, 0.5) is 4.39 Å². The van der Waals surface area contributed by atoms with Gasteiger partial charge in [0.05, 0.1) is 0 Å². The van der Waals surface area contributed by atoms with Crippen molar-refractivity contribution in [2.24, 2.45) is 0 Å². The Morgan fingerprint density at radius 1 is 1.04 bits per heavy atom. The minimum absolute atomic E-state index is 0.246. The van der Waals surface area contributed by atoms with Gasteiger partial charge in [-0.25, -0.2) is 4.39 Å². The van der Waals surface area contributed by atoms with E-state index in [0.29, 0.717) is 12.3 Å². The molecule has 0 spiro atoms. The lowest BCUT2D eigenvalue weighted by Crippen LogP contribution is -2.50. The third kappa shape index (κ3) is 5.40. The Balaban J connectivity index is 1.45. The van der Waals surface area contributed by atoms with E-state index < -0.39 is 6.10 Å². The highest BCUT2D eigenvalue weighted by Crippen LogP contribution is 2.21. The fourth-order valence-corrected chi connectivity index (χ4v) is 2.67. The largest absolute Gasteiger partial charge is 0.481 e. The molecule has 0 aliphatic carbocycles. The molecule has 3 aromatic carbocycles. The first-order valence-electron chi connectivity index (χ1n) is 8.75. The summed E-state index contributed by atoms with van der Waals surface area (Å²) in [5.74, 6) is -0.0467. The average Bonchev–Trinajstić information content (AvgIpc) is 2.71. The molecular formula is C21H20FN3O2S. The molecule has 0 unspecified atom stereocenters. The molecule has 0 radical (unpaired) electrons. The number of hydrogen-bond donors (Lipinski definition) is 3. The van der Waals surface area contributed by atoms with Gasteiger partial charge in [-0.3, -0.25) is 15.6 Å². The van der Waals surface area contributed by atoms with Crippen molar-refractivity contribution in [1.29, 1.82) is 0 Å². The second-order valence-corrected chi connectivity index (χ2v) is 6.60. The van der Waals surface area contributed by atoms with Crippen LogP contribution in [-0.2, 0) is 11.3 Å². The summed E-state index contributed by atoms with van der Waals surface area (Å²) in [6.45, 7) is 2.06. The molecular weight excluding hydrogens is 377 g/mol. The van der Waals surface area contributed by atoms with Crippen LogP contribution in [0.3, 0.4) is 0 Å². The van der Waals surface area contributed by atoms with Gasteiger partial charge in [0, 0.05) is 6.54 Å². The Morgan fingerprint density at radius 2 is 1.75 bits per heavy atom. The Bertz CT molecular complexity index is 979. The van der Waals surface area contributed by atoms with Crippen LogP contribution >= 0.6 is 12.2 Å². The number of benzene rings is 3. The molecule has 1 amide bonds. The van der Waals surface area contributed by atoms with E-state index >= 15 is 0 Å². The molecule has 0 bridgehead atoms. The molecule has 1 atom stereocenters. The first-order chi connectivity index (χ1) is 13.5. The Kier molecular flexibility index (Phi) is 6.39. The highest BCUT2D eigenvalue weighted by Gasteiger charge is 2.15. The maximum Gasteiger partial charge on any atom is 0.279 e. The molecule has 28 heavy (non-hydrogen) atoms. The number of halogens is 1. The maximum absolute atomic E-state index is 12.9. The van der Waals surface area contributed by atoms with E-state index in [1.54, 1.807) is 19.1 Å². The fraction of sp³-hybridized carbons (Fsp3) is 0.143. The van der Waals surface area contributed by atoms with E-state index in [1.165, 1.54) is 12.1 Å². The van der Waals surface area contributed by atoms with E-state index in [0.717, 1.165) is 16.3 Å². The second-order valence-electron chi connectivity index (χ2n) is 6.19. The van der Waals surface area contributed by atoms with Gasteiger partial charge >= 0.3 is 0 Å². The maximum atomic E-state index is 12.9. The van der Waals surface area contributed by atoms with Crippen LogP contribution in [0.15, 0.2) is 66.7 Å². The summed E-state index contributed by atoms with van der Waals surface area (Å²) in [5.41, 5.74) is 6.00. The molecule has 0 heterocycles. The van der Waals surface area contributed by atoms with Crippen LogP contribution in [0.25, 0.3) is 10.8 Å². The molecule has 3 rings (SSSR count). The van der Waals surface area contributed by atoms with Gasteiger partial charge in [0.1, 0.15) is 11.6 Å². The topological polar surface area (TPSA) is 62.4 Å². The third-order valence-corrected chi connectivity index (χ3v) is 4.31. The van der Waals surface area contributed by atoms with Crippen molar-refractivity contribution in [3.63, 3.8) is 0 Å². The molecule has 7 heteroatoms. The van der Waals surface area contributed by atoms with Crippen LogP contribution in [0, 0.1) is 5.82 Å². The van der Waals surface area contributed by atoms with Crippen molar-refractivity contribution in [2.45, 2.75) is 19.6 Å². The van der Waals surface area contributed by atoms with Crippen molar-refractivity contribution in [3.8, 4) is 5.75 Å². The molecule has 3 N–H and O–H groups in total. The van der Waals surface area contributed by atoms with Gasteiger partial charge in [0.25, 0.3) is 5.91 Å². The molecule has 0 aliphatic rings. The number of fused-ring (bicyclic) bond motifs is 1. The number of nitrogens with one attached hydrogen (secondary N) is 3. The van der Waals surface area contributed by atoms with Gasteiger partial charge in [0.2, 0.25) is 0 Å². The van der Waals surface area contributed by atoms with Crippen molar-refractivity contribution in [3.05, 3.63) is 78.1 Å². The number of carbonyl (C=O) groups is 1. The minimum Gasteiger partial charge on any atom is -0.481 e.